The molecule has 1 aliphatic rings. The fourth-order valence-corrected chi connectivity index (χ4v) is 3.82. The molecule has 35 heavy (non-hydrogen) atoms. The number of hydrogen-bond donors (Lipinski definition) is 2. The van der Waals surface area contributed by atoms with Crippen molar-refractivity contribution >= 4 is 18.0 Å². The van der Waals surface area contributed by atoms with Crippen molar-refractivity contribution in [2.45, 2.75) is 71.8 Å². The lowest BCUT2D eigenvalue weighted by atomic mass is 9.85. The van der Waals surface area contributed by atoms with Crippen molar-refractivity contribution in [3.8, 4) is 17.1 Å². The molecule has 0 aliphatic carbocycles. The normalized spacial score (nSPS) is 19.2. The number of nitrogens with zero attached hydrogens (tertiary/aromatic N) is 2. The molecule has 1 fully saturated rings. The minimum Gasteiger partial charge on any atom is -0.480 e. The summed E-state index contributed by atoms with van der Waals surface area (Å²) in [5.41, 5.74) is -0.0186. The number of alkyl carbamates (subject to hydrolysis) is 1. The fraction of sp³-hybridized carbons (Fsp3) is 0.520. The van der Waals surface area contributed by atoms with Gasteiger partial charge in [0, 0.05) is 18.1 Å². The van der Waals surface area contributed by atoms with Gasteiger partial charge >= 0.3 is 12.1 Å². The van der Waals surface area contributed by atoms with Gasteiger partial charge in [0.05, 0.1) is 24.8 Å². The Kier molecular flexibility index (Phi) is 7.42. The molecule has 0 radical (unpaired) electrons. The third-order valence-corrected chi connectivity index (χ3v) is 5.43. The van der Waals surface area contributed by atoms with Crippen molar-refractivity contribution in [1.29, 1.82) is 0 Å². The average Bonchev–Trinajstić information content (AvgIpc) is 3.40. The van der Waals surface area contributed by atoms with Crippen LogP contribution >= 0.6 is 0 Å². The number of carboxylic acid groups (broad SMARTS) is 1. The van der Waals surface area contributed by atoms with Crippen LogP contribution in [-0.2, 0) is 14.3 Å². The van der Waals surface area contributed by atoms with E-state index in [0.717, 1.165) is 5.56 Å². The molecule has 0 spiro atoms. The molecule has 3 rings (SSSR count). The number of furan rings is 1. The zero-order valence-corrected chi connectivity index (χ0v) is 20.9. The Morgan fingerprint density at radius 3 is 2.46 bits per heavy atom. The van der Waals surface area contributed by atoms with Crippen LogP contribution in [0.3, 0.4) is 0 Å². The van der Waals surface area contributed by atoms with Gasteiger partial charge in [-0.1, -0.05) is 26.8 Å². The number of nitrogens with one attached hydrogen (secondary N) is 1. The highest BCUT2D eigenvalue weighted by Gasteiger charge is 2.46. The predicted molar refractivity (Wildman–Crippen MR) is 127 cm³/mol. The van der Waals surface area contributed by atoms with E-state index in [2.05, 4.69) is 10.3 Å². The minimum absolute atomic E-state index is 0.0377. The van der Waals surface area contributed by atoms with Gasteiger partial charge in [-0.3, -0.25) is 4.79 Å². The monoisotopic (exact) mass is 487 g/mol. The largest absolute Gasteiger partial charge is 0.480 e. The van der Waals surface area contributed by atoms with Crippen LogP contribution in [0.5, 0.6) is 5.88 Å². The molecule has 0 bridgehead atoms. The van der Waals surface area contributed by atoms with Gasteiger partial charge < -0.3 is 29.2 Å². The van der Waals surface area contributed by atoms with Crippen LogP contribution in [0.15, 0.2) is 41.2 Å². The molecule has 10 nitrogen and oxygen atoms in total. The number of aliphatic carboxylic acids is 1. The van der Waals surface area contributed by atoms with E-state index in [0.29, 0.717) is 11.6 Å². The average molecular weight is 488 g/mol. The smallest absolute Gasteiger partial charge is 0.408 e. The summed E-state index contributed by atoms with van der Waals surface area (Å²) in [5, 5.41) is 12.4. The van der Waals surface area contributed by atoms with Gasteiger partial charge in [0.1, 0.15) is 23.8 Å². The highest BCUT2D eigenvalue weighted by Crippen LogP contribution is 2.29. The molecular formula is C25H33N3O7. The van der Waals surface area contributed by atoms with Crippen molar-refractivity contribution in [3.63, 3.8) is 0 Å². The maximum atomic E-state index is 13.5. The molecule has 0 saturated carbocycles. The molecule has 0 unspecified atom stereocenters. The number of carboxylic acids is 1. The predicted octanol–water partition coefficient (Wildman–Crippen LogP) is 3.71. The second-order valence-corrected chi connectivity index (χ2v) is 10.6. The van der Waals surface area contributed by atoms with E-state index < -0.39 is 47.2 Å². The van der Waals surface area contributed by atoms with Crippen LogP contribution < -0.4 is 10.1 Å². The Bertz CT molecular complexity index is 1050. The molecule has 3 heterocycles. The first-order valence-electron chi connectivity index (χ1n) is 11.4. The molecule has 2 N–H and O–H groups in total. The zero-order chi connectivity index (χ0) is 26.0. The van der Waals surface area contributed by atoms with Gasteiger partial charge in [0.15, 0.2) is 0 Å². The highest BCUT2D eigenvalue weighted by atomic mass is 16.6. The SMILES string of the molecule is CC(C)(C)OC(=O)N[C@H](C(=O)N1C[C@H](Oc2cccc(-c3ccoc3)n2)C[C@H]1C(=O)O)C(C)(C)C. The Labute approximate surface area is 204 Å². The summed E-state index contributed by atoms with van der Waals surface area (Å²) < 4.78 is 16.4. The van der Waals surface area contributed by atoms with Crippen molar-refractivity contribution in [1.82, 2.24) is 15.2 Å². The van der Waals surface area contributed by atoms with E-state index in [4.69, 9.17) is 13.9 Å². The Balaban J connectivity index is 1.77. The van der Waals surface area contributed by atoms with E-state index in [-0.39, 0.29) is 13.0 Å². The lowest BCUT2D eigenvalue weighted by molar-refractivity contribution is -0.150. The lowest BCUT2D eigenvalue weighted by Crippen LogP contribution is -2.57. The Morgan fingerprint density at radius 1 is 1.17 bits per heavy atom. The maximum absolute atomic E-state index is 13.5. The van der Waals surface area contributed by atoms with E-state index in [1.165, 1.54) is 4.90 Å². The van der Waals surface area contributed by atoms with Crippen LogP contribution in [0.4, 0.5) is 4.79 Å². The summed E-state index contributed by atoms with van der Waals surface area (Å²) in [4.78, 5) is 43.7. The number of carbonyl (C=O) groups is 3. The van der Waals surface area contributed by atoms with Gasteiger partial charge in [-0.15, -0.1) is 0 Å². The summed E-state index contributed by atoms with van der Waals surface area (Å²) in [6.45, 7) is 10.6. The number of hydrogen-bond acceptors (Lipinski definition) is 7. The standard InChI is InChI=1S/C25H33N3O7/c1-24(2,3)20(27-23(32)35-25(4,5)6)21(29)28-13-16(12-18(28)22(30)31)34-19-9-7-8-17(26-19)15-10-11-33-14-15/h7-11,14,16,18,20H,12-13H2,1-6H3,(H,27,32)(H,30,31)/t16-,18+,20-/m1/s1. The second kappa shape index (κ2) is 9.97. The summed E-state index contributed by atoms with van der Waals surface area (Å²) in [6, 6.07) is 4.92. The summed E-state index contributed by atoms with van der Waals surface area (Å²) in [7, 11) is 0. The molecule has 2 aromatic heterocycles. The van der Waals surface area contributed by atoms with Gasteiger partial charge in [-0.05, 0) is 38.3 Å². The number of rotatable bonds is 6. The van der Waals surface area contributed by atoms with E-state index in [1.54, 1.807) is 78.3 Å². The third-order valence-electron chi connectivity index (χ3n) is 5.43. The molecule has 10 heteroatoms. The zero-order valence-electron chi connectivity index (χ0n) is 20.9. The minimum atomic E-state index is -1.14. The second-order valence-electron chi connectivity index (χ2n) is 10.6. The van der Waals surface area contributed by atoms with Gasteiger partial charge in [0.2, 0.25) is 11.8 Å². The number of likely N-dealkylation sites (tertiary alicyclic amines) is 1. The summed E-state index contributed by atoms with van der Waals surface area (Å²) in [6.07, 6.45) is 1.85. The first kappa shape index (κ1) is 26.1. The quantitative estimate of drug-likeness (QED) is 0.630. The van der Waals surface area contributed by atoms with Crippen molar-refractivity contribution in [2.75, 3.05) is 6.54 Å². The lowest BCUT2D eigenvalue weighted by Gasteiger charge is -2.35. The molecule has 3 atom stereocenters. The topological polar surface area (TPSA) is 131 Å². The van der Waals surface area contributed by atoms with Crippen molar-refractivity contribution < 1.29 is 33.4 Å². The van der Waals surface area contributed by atoms with Crippen LogP contribution in [0.1, 0.15) is 48.0 Å². The summed E-state index contributed by atoms with van der Waals surface area (Å²) in [5.74, 6) is -1.34. The van der Waals surface area contributed by atoms with E-state index in [9.17, 15) is 19.5 Å². The number of ether oxygens (including phenoxy) is 2. The van der Waals surface area contributed by atoms with E-state index in [1.807, 2.05) is 0 Å². The van der Waals surface area contributed by atoms with Crippen LogP contribution in [-0.4, -0.2) is 63.3 Å². The Hall–Kier alpha value is -3.56. The third kappa shape index (κ3) is 6.74. The molecular weight excluding hydrogens is 454 g/mol. The van der Waals surface area contributed by atoms with Crippen molar-refractivity contribution in [2.24, 2.45) is 5.41 Å². The van der Waals surface area contributed by atoms with Gasteiger partial charge in [-0.2, -0.15) is 0 Å². The van der Waals surface area contributed by atoms with Crippen LogP contribution in [0.2, 0.25) is 0 Å². The fourth-order valence-electron chi connectivity index (χ4n) is 3.82. The molecule has 190 valence electrons. The Morgan fingerprint density at radius 2 is 1.89 bits per heavy atom. The molecule has 1 aliphatic heterocycles. The first-order valence-corrected chi connectivity index (χ1v) is 11.4. The molecule has 2 amide bonds. The van der Waals surface area contributed by atoms with Crippen LogP contribution in [0.25, 0.3) is 11.3 Å². The maximum Gasteiger partial charge on any atom is 0.408 e. The molecule has 1 saturated heterocycles. The van der Waals surface area contributed by atoms with Crippen molar-refractivity contribution in [3.05, 3.63) is 36.8 Å². The van der Waals surface area contributed by atoms with Gasteiger partial charge in [0.25, 0.3) is 0 Å². The number of carbonyl (C=O) groups excluding carboxylic acids is 2. The number of amides is 2. The molecule has 2 aromatic rings. The number of aromatic nitrogens is 1. The summed E-state index contributed by atoms with van der Waals surface area (Å²) >= 11 is 0. The van der Waals surface area contributed by atoms with Gasteiger partial charge in [-0.25, -0.2) is 14.6 Å². The van der Waals surface area contributed by atoms with Crippen LogP contribution in [0, 0.1) is 5.41 Å². The molecule has 0 aromatic carbocycles. The number of pyridine rings is 1. The van der Waals surface area contributed by atoms with E-state index >= 15 is 0 Å². The highest BCUT2D eigenvalue weighted by molar-refractivity contribution is 5.90. The first-order chi connectivity index (χ1) is 16.2.